The molecule has 0 aliphatic carbocycles. The first kappa shape index (κ1) is 18.5. The lowest BCUT2D eigenvalue weighted by molar-refractivity contribution is 0.177. The Bertz CT molecular complexity index is 926. The number of ether oxygens (including phenoxy) is 1. The number of nitrogens with one attached hydrogen (secondary N) is 3. The number of rotatable bonds is 6. The summed E-state index contributed by atoms with van der Waals surface area (Å²) in [5.41, 5.74) is 2.24. The first-order chi connectivity index (χ1) is 13.7. The second kappa shape index (κ2) is 8.43. The van der Waals surface area contributed by atoms with Crippen molar-refractivity contribution in [1.29, 1.82) is 0 Å². The molecule has 0 fully saturated rings. The van der Waals surface area contributed by atoms with Gasteiger partial charge in [0.1, 0.15) is 12.4 Å². The van der Waals surface area contributed by atoms with E-state index >= 15 is 0 Å². The van der Waals surface area contributed by atoms with Crippen LogP contribution in [0, 0.1) is 0 Å². The first-order valence-corrected chi connectivity index (χ1v) is 9.78. The third kappa shape index (κ3) is 4.17. The zero-order valence-electron chi connectivity index (χ0n) is 16.4. The molecule has 1 aromatic carbocycles. The molecule has 8 nitrogen and oxygen atoms in total. The lowest BCUT2D eigenvalue weighted by atomic mass is 10.1. The Morgan fingerprint density at radius 1 is 1.39 bits per heavy atom. The Morgan fingerprint density at radius 3 is 3.11 bits per heavy atom. The van der Waals surface area contributed by atoms with Crippen molar-refractivity contribution in [2.75, 3.05) is 13.7 Å². The van der Waals surface area contributed by atoms with E-state index in [4.69, 9.17) is 9.73 Å². The van der Waals surface area contributed by atoms with E-state index in [-0.39, 0.29) is 6.04 Å². The molecule has 28 heavy (non-hydrogen) atoms. The number of benzene rings is 1. The number of methoxy groups -OCH3 is 1. The topological polar surface area (TPSA) is 92.2 Å². The number of para-hydroxylation sites is 1. The quantitative estimate of drug-likeness (QED) is 0.449. The van der Waals surface area contributed by atoms with E-state index in [2.05, 4.69) is 50.8 Å². The van der Waals surface area contributed by atoms with Crippen LogP contribution < -0.4 is 10.6 Å². The molecule has 0 saturated heterocycles. The van der Waals surface area contributed by atoms with Crippen LogP contribution in [0.25, 0.3) is 10.9 Å². The smallest absolute Gasteiger partial charge is 0.191 e. The van der Waals surface area contributed by atoms with E-state index in [0.29, 0.717) is 13.2 Å². The zero-order chi connectivity index (χ0) is 19.3. The molecule has 3 N–H and O–H groups in total. The van der Waals surface area contributed by atoms with E-state index < -0.39 is 0 Å². The Morgan fingerprint density at radius 2 is 2.29 bits per heavy atom. The Balaban J connectivity index is 1.42. The van der Waals surface area contributed by atoms with Crippen molar-refractivity contribution >= 4 is 16.9 Å². The van der Waals surface area contributed by atoms with E-state index in [0.717, 1.165) is 54.8 Å². The van der Waals surface area contributed by atoms with Gasteiger partial charge < -0.3 is 20.4 Å². The van der Waals surface area contributed by atoms with Crippen LogP contribution in [0.3, 0.4) is 0 Å². The van der Waals surface area contributed by atoms with Crippen molar-refractivity contribution in [2.24, 2.45) is 4.99 Å². The van der Waals surface area contributed by atoms with Gasteiger partial charge in [-0.2, -0.15) is 5.10 Å². The molecule has 1 atom stereocenters. The highest BCUT2D eigenvalue weighted by molar-refractivity contribution is 5.81. The van der Waals surface area contributed by atoms with E-state index in [1.54, 1.807) is 7.11 Å². The van der Waals surface area contributed by atoms with Crippen LogP contribution in [0.1, 0.15) is 30.7 Å². The molecule has 0 amide bonds. The van der Waals surface area contributed by atoms with Gasteiger partial charge >= 0.3 is 0 Å². The third-order valence-electron chi connectivity index (χ3n) is 4.85. The largest absolute Gasteiger partial charge is 0.377 e. The highest BCUT2D eigenvalue weighted by Crippen LogP contribution is 2.16. The van der Waals surface area contributed by atoms with Crippen molar-refractivity contribution in [3.05, 3.63) is 47.7 Å². The summed E-state index contributed by atoms with van der Waals surface area (Å²) in [6.07, 6.45) is 1.90. The maximum atomic E-state index is 5.14. The SMILES string of the molecule is CCNC(=NCc1cc2ccccc2[nH]1)NC1CCc2nc(COC)nn2C1. The summed E-state index contributed by atoms with van der Waals surface area (Å²) in [5.74, 6) is 2.61. The monoisotopic (exact) mass is 381 g/mol. The molecule has 8 heteroatoms. The third-order valence-corrected chi connectivity index (χ3v) is 4.85. The fourth-order valence-corrected chi connectivity index (χ4v) is 3.56. The van der Waals surface area contributed by atoms with Crippen LogP contribution in [0.4, 0.5) is 0 Å². The summed E-state index contributed by atoms with van der Waals surface area (Å²) in [6.45, 7) is 4.73. The normalized spacial score (nSPS) is 16.9. The van der Waals surface area contributed by atoms with Crippen molar-refractivity contribution in [3.63, 3.8) is 0 Å². The maximum Gasteiger partial charge on any atom is 0.191 e. The minimum atomic E-state index is 0.269. The lowest BCUT2D eigenvalue weighted by Crippen LogP contribution is -2.47. The van der Waals surface area contributed by atoms with Gasteiger partial charge in [-0.05, 0) is 30.9 Å². The Kier molecular flexibility index (Phi) is 5.57. The van der Waals surface area contributed by atoms with Crippen molar-refractivity contribution in [2.45, 2.75) is 45.5 Å². The van der Waals surface area contributed by atoms with Gasteiger partial charge in [0.05, 0.1) is 13.1 Å². The van der Waals surface area contributed by atoms with Gasteiger partial charge in [-0.25, -0.2) is 14.7 Å². The number of aryl methyl sites for hydroxylation is 1. The summed E-state index contributed by atoms with van der Waals surface area (Å²) < 4.78 is 7.12. The average Bonchev–Trinajstić information content (AvgIpc) is 3.29. The van der Waals surface area contributed by atoms with E-state index in [1.807, 2.05) is 16.8 Å². The number of aromatic amines is 1. The number of guanidine groups is 1. The molecular weight excluding hydrogens is 354 g/mol. The molecule has 0 bridgehead atoms. The summed E-state index contributed by atoms with van der Waals surface area (Å²) in [7, 11) is 1.66. The molecule has 3 heterocycles. The minimum absolute atomic E-state index is 0.269. The number of aliphatic imine (C=N–C) groups is 1. The van der Waals surface area contributed by atoms with Crippen LogP contribution in [0.5, 0.6) is 0 Å². The fourth-order valence-electron chi connectivity index (χ4n) is 3.56. The molecule has 1 unspecified atom stereocenters. The maximum absolute atomic E-state index is 5.14. The molecule has 0 saturated carbocycles. The summed E-state index contributed by atoms with van der Waals surface area (Å²) in [5, 5.41) is 12.6. The number of aromatic nitrogens is 4. The predicted octanol–water partition coefficient (Wildman–Crippen LogP) is 1.98. The van der Waals surface area contributed by atoms with Crippen molar-refractivity contribution < 1.29 is 4.74 Å². The predicted molar refractivity (Wildman–Crippen MR) is 109 cm³/mol. The van der Waals surface area contributed by atoms with Crippen molar-refractivity contribution in [3.8, 4) is 0 Å². The van der Waals surface area contributed by atoms with E-state index in [9.17, 15) is 0 Å². The van der Waals surface area contributed by atoms with Crippen molar-refractivity contribution in [1.82, 2.24) is 30.4 Å². The van der Waals surface area contributed by atoms with Crippen LogP contribution in [0.15, 0.2) is 35.3 Å². The molecule has 1 aliphatic rings. The highest BCUT2D eigenvalue weighted by atomic mass is 16.5. The van der Waals surface area contributed by atoms with Gasteiger partial charge in [0.25, 0.3) is 0 Å². The number of hydrogen-bond acceptors (Lipinski definition) is 4. The van der Waals surface area contributed by atoms with Gasteiger partial charge in [0.15, 0.2) is 11.8 Å². The summed E-state index contributed by atoms with van der Waals surface area (Å²) in [6, 6.07) is 10.7. The van der Waals surface area contributed by atoms with Gasteiger partial charge in [0, 0.05) is 37.3 Å². The lowest BCUT2D eigenvalue weighted by Gasteiger charge is -2.25. The zero-order valence-corrected chi connectivity index (χ0v) is 16.4. The molecule has 148 valence electrons. The van der Waals surface area contributed by atoms with Gasteiger partial charge in [-0.3, -0.25) is 0 Å². The molecule has 0 radical (unpaired) electrons. The molecule has 0 spiro atoms. The second-order valence-electron chi connectivity index (χ2n) is 7.02. The Hall–Kier alpha value is -2.87. The number of hydrogen-bond donors (Lipinski definition) is 3. The highest BCUT2D eigenvalue weighted by Gasteiger charge is 2.22. The summed E-state index contributed by atoms with van der Waals surface area (Å²) in [4.78, 5) is 12.7. The van der Waals surface area contributed by atoms with Crippen LogP contribution >= 0.6 is 0 Å². The van der Waals surface area contributed by atoms with E-state index in [1.165, 1.54) is 5.39 Å². The average molecular weight is 381 g/mol. The first-order valence-electron chi connectivity index (χ1n) is 9.78. The van der Waals surface area contributed by atoms with Crippen LogP contribution in [-0.4, -0.2) is 45.4 Å². The summed E-state index contributed by atoms with van der Waals surface area (Å²) >= 11 is 0. The Labute approximate surface area is 164 Å². The number of nitrogens with zero attached hydrogens (tertiary/aromatic N) is 4. The minimum Gasteiger partial charge on any atom is -0.377 e. The van der Waals surface area contributed by atoms with Crippen LogP contribution in [-0.2, 0) is 30.9 Å². The second-order valence-corrected chi connectivity index (χ2v) is 7.02. The van der Waals surface area contributed by atoms with Gasteiger partial charge in [-0.1, -0.05) is 18.2 Å². The van der Waals surface area contributed by atoms with Crippen LogP contribution in [0.2, 0.25) is 0 Å². The fraction of sp³-hybridized carbons (Fsp3) is 0.450. The number of H-pyrrole nitrogens is 1. The molecule has 3 aromatic rings. The standard InChI is InChI=1S/C20H27N7O/c1-3-21-20(22-11-16-10-14-6-4-5-7-17(14)23-16)24-15-8-9-19-25-18(13-28-2)26-27(19)12-15/h4-7,10,15,23H,3,8-9,11-13H2,1-2H3,(H2,21,22,24). The van der Waals surface area contributed by atoms with Gasteiger partial charge in [-0.15, -0.1) is 0 Å². The van der Waals surface area contributed by atoms with Gasteiger partial charge in [0.2, 0.25) is 0 Å². The molecule has 4 rings (SSSR count). The molecule has 2 aromatic heterocycles. The molecular formula is C20H27N7O. The molecule has 1 aliphatic heterocycles. The number of fused-ring (bicyclic) bond motifs is 2.